The molecule has 0 unspecified atom stereocenters. The summed E-state index contributed by atoms with van der Waals surface area (Å²) in [5, 5.41) is 2.74. The van der Waals surface area contributed by atoms with Gasteiger partial charge in [-0.15, -0.1) is 0 Å². The predicted molar refractivity (Wildman–Crippen MR) is 88.2 cm³/mol. The van der Waals surface area contributed by atoms with Crippen LogP contribution in [0.25, 0.3) is 0 Å². The van der Waals surface area contributed by atoms with E-state index in [9.17, 15) is 4.79 Å². The third-order valence-corrected chi connectivity index (χ3v) is 3.14. The van der Waals surface area contributed by atoms with Crippen LogP contribution < -0.4 is 19.5 Å². The zero-order valence-electron chi connectivity index (χ0n) is 13.4. The molecule has 1 amide bonds. The van der Waals surface area contributed by atoms with Crippen molar-refractivity contribution in [1.29, 1.82) is 0 Å². The Bertz CT molecular complexity index is 608. The van der Waals surface area contributed by atoms with Crippen molar-refractivity contribution in [2.75, 3.05) is 26.9 Å². The first-order valence-electron chi connectivity index (χ1n) is 7.40. The first-order chi connectivity index (χ1) is 11.2. The topological polar surface area (TPSA) is 56.8 Å². The zero-order chi connectivity index (χ0) is 16.5. The second-order valence-corrected chi connectivity index (χ2v) is 4.98. The largest absolute Gasteiger partial charge is 0.497 e. The van der Waals surface area contributed by atoms with E-state index >= 15 is 0 Å². The fraction of sp³-hybridized carbons (Fsp3) is 0.278. The molecule has 0 fully saturated rings. The number of carbonyl (C=O) groups excluding carboxylic acids is 1. The SMILES string of the molecule is COc1ccc(OCC(=O)NCCOc2ccc(C)cc2)cc1. The second-order valence-electron chi connectivity index (χ2n) is 4.98. The molecule has 0 saturated heterocycles. The van der Waals surface area contributed by atoms with Crippen LogP contribution in [-0.4, -0.2) is 32.8 Å². The van der Waals surface area contributed by atoms with E-state index in [0.29, 0.717) is 18.9 Å². The fourth-order valence-corrected chi connectivity index (χ4v) is 1.87. The molecular formula is C18H21NO4. The number of ether oxygens (including phenoxy) is 3. The van der Waals surface area contributed by atoms with Gasteiger partial charge in [-0.2, -0.15) is 0 Å². The number of nitrogens with one attached hydrogen (secondary N) is 1. The zero-order valence-corrected chi connectivity index (χ0v) is 13.4. The number of methoxy groups -OCH3 is 1. The normalized spacial score (nSPS) is 10.0. The maximum atomic E-state index is 11.7. The maximum absolute atomic E-state index is 11.7. The minimum Gasteiger partial charge on any atom is -0.497 e. The molecule has 5 heteroatoms. The highest BCUT2D eigenvalue weighted by Crippen LogP contribution is 2.16. The maximum Gasteiger partial charge on any atom is 0.258 e. The van der Waals surface area contributed by atoms with Crippen molar-refractivity contribution < 1.29 is 19.0 Å². The van der Waals surface area contributed by atoms with E-state index in [0.717, 1.165) is 11.5 Å². The Morgan fingerprint density at radius 3 is 2.13 bits per heavy atom. The van der Waals surface area contributed by atoms with Gasteiger partial charge in [0.25, 0.3) is 5.91 Å². The lowest BCUT2D eigenvalue weighted by molar-refractivity contribution is -0.123. The highest BCUT2D eigenvalue weighted by molar-refractivity contribution is 5.77. The van der Waals surface area contributed by atoms with Crippen LogP contribution in [0.4, 0.5) is 0 Å². The van der Waals surface area contributed by atoms with Gasteiger partial charge < -0.3 is 19.5 Å². The first-order valence-corrected chi connectivity index (χ1v) is 7.40. The molecule has 0 heterocycles. The summed E-state index contributed by atoms with van der Waals surface area (Å²) in [6.45, 7) is 2.83. The average Bonchev–Trinajstić information content (AvgIpc) is 2.59. The number of benzene rings is 2. The van der Waals surface area contributed by atoms with Crippen LogP contribution in [0.2, 0.25) is 0 Å². The Morgan fingerprint density at radius 1 is 0.913 bits per heavy atom. The molecule has 0 aromatic heterocycles. The molecule has 0 saturated carbocycles. The van der Waals surface area contributed by atoms with E-state index in [4.69, 9.17) is 14.2 Å². The molecule has 0 atom stereocenters. The van der Waals surface area contributed by atoms with Gasteiger partial charge in [0, 0.05) is 0 Å². The lowest BCUT2D eigenvalue weighted by Crippen LogP contribution is -2.32. The lowest BCUT2D eigenvalue weighted by Gasteiger charge is -2.09. The Labute approximate surface area is 136 Å². The summed E-state index contributed by atoms with van der Waals surface area (Å²) in [4.78, 5) is 11.7. The molecule has 122 valence electrons. The van der Waals surface area contributed by atoms with Crippen molar-refractivity contribution in [3.63, 3.8) is 0 Å². The number of hydrogen-bond donors (Lipinski definition) is 1. The molecule has 23 heavy (non-hydrogen) atoms. The molecule has 1 N–H and O–H groups in total. The molecule has 0 spiro atoms. The van der Waals surface area contributed by atoms with Crippen molar-refractivity contribution in [3.05, 3.63) is 54.1 Å². The fourth-order valence-electron chi connectivity index (χ4n) is 1.87. The number of carbonyl (C=O) groups is 1. The Balaban J connectivity index is 1.62. The van der Waals surface area contributed by atoms with Gasteiger partial charge in [-0.25, -0.2) is 0 Å². The third kappa shape index (κ3) is 5.90. The molecule has 5 nitrogen and oxygen atoms in total. The molecule has 0 bridgehead atoms. The lowest BCUT2D eigenvalue weighted by atomic mass is 10.2. The minimum absolute atomic E-state index is 0.0309. The summed E-state index contributed by atoms with van der Waals surface area (Å²) in [6, 6.07) is 14.9. The van der Waals surface area contributed by atoms with Crippen molar-refractivity contribution in [2.45, 2.75) is 6.92 Å². The standard InChI is InChI=1S/C18H21NO4/c1-14-3-5-16(6-4-14)22-12-11-19-18(20)13-23-17-9-7-15(21-2)8-10-17/h3-10H,11-13H2,1-2H3,(H,19,20). The molecule has 0 aliphatic heterocycles. The van der Waals surface area contributed by atoms with Gasteiger partial charge in [0.1, 0.15) is 23.9 Å². The van der Waals surface area contributed by atoms with Crippen LogP contribution in [0.1, 0.15) is 5.56 Å². The van der Waals surface area contributed by atoms with E-state index in [-0.39, 0.29) is 12.5 Å². The van der Waals surface area contributed by atoms with Crippen molar-refractivity contribution in [2.24, 2.45) is 0 Å². The number of hydrogen-bond acceptors (Lipinski definition) is 4. The number of rotatable bonds is 8. The molecular weight excluding hydrogens is 294 g/mol. The smallest absolute Gasteiger partial charge is 0.258 e. The van der Waals surface area contributed by atoms with Crippen molar-refractivity contribution >= 4 is 5.91 Å². The molecule has 0 aliphatic carbocycles. The summed E-state index contributed by atoms with van der Waals surface area (Å²) in [6.07, 6.45) is 0. The third-order valence-electron chi connectivity index (χ3n) is 3.14. The van der Waals surface area contributed by atoms with E-state index in [1.165, 1.54) is 5.56 Å². The minimum atomic E-state index is -0.187. The van der Waals surface area contributed by atoms with Crippen LogP contribution in [0.15, 0.2) is 48.5 Å². The molecule has 2 aromatic rings. The van der Waals surface area contributed by atoms with E-state index in [1.807, 2.05) is 31.2 Å². The molecule has 0 radical (unpaired) electrons. The van der Waals surface area contributed by atoms with Crippen LogP contribution in [0.5, 0.6) is 17.2 Å². The summed E-state index contributed by atoms with van der Waals surface area (Å²) in [5.74, 6) is 1.97. The van der Waals surface area contributed by atoms with Gasteiger partial charge in [0.15, 0.2) is 6.61 Å². The quantitative estimate of drug-likeness (QED) is 0.761. The van der Waals surface area contributed by atoms with Gasteiger partial charge in [0.2, 0.25) is 0 Å². The highest BCUT2D eigenvalue weighted by atomic mass is 16.5. The van der Waals surface area contributed by atoms with E-state index in [2.05, 4.69) is 5.32 Å². The predicted octanol–water partition coefficient (Wildman–Crippen LogP) is 2.58. The van der Waals surface area contributed by atoms with Crippen LogP contribution >= 0.6 is 0 Å². The Hall–Kier alpha value is -2.69. The molecule has 2 rings (SSSR count). The summed E-state index contributed by atoms with van der Waals surface area (Å²) in [7, 11) is 1.60. The first kappa shape index (κ1) is 16.7. The van der Waals surface area contributed by atoms with Crippen LogP contribution in [0.3, 0.4) is 0 Å². The highest BCUT2D eigenvalue weighted by Gasteiger charge is 2.03. The molecule has 2 aromatic carbocycles. The Kier molecular flexibility index (Phi) is 6.29. The van der Waals surface area contributed by atoms with Gasteiger partial charge in [0.05, 0.1) is 13.7 Å². The van der Waals surface area contributed by atoms with E-state index < -0.39 is 0 Å². The summed E-state index contributed by atoms with van der Waals surface area (Å²) >= 11 is 0. The van der Waals surface area contributed by atoms with Crippen molar-refractivity contribution in [3.8, 4) is 17.2 Å². The van der Waals surface area contributed by atoms with Gasteiger partial charge in [-0.3, -0.25) is 4.79 Å². The van der Waals surface area contributed by atoms with Gasteiger partial charge in [-0.1, -0.05) is 17.7 Å². The second kappa shape index (κ2) is 8.68. The van der Waals surface area contributed by atoms with Crippen LogP contribution in [-0.2, 0) is 4.79 Å². The number of aryl methyl sites for hydroxylation is 1. The number of amides is 1. The molecule has 0 aliphatic rings. The van der Waals surface area contributed by atoms with E-state index in [1.54, 1.807) is 31.4 Å². The average molecular weight is 315 g/mol. The van der Waals surface area contributed by atoms with Gasteiger partial charge >= 0.3 is 0 Å². The van der Waals surface area contributed by atoms with Crippen LogP contribution in [0, 0.1) is 6.92 Å². The summed E-state index contributed by atoms with van der Waals surface area (Å²) < 4.78 is 16.0. The monoisotopic (exact) mass is 315 g/mol. The Morgan fingerprint density at radius 2 is 1.48 bits per heavy atom. The van der Waals surface area contributed by atoms with Gasteiger partial charge in [-0.05, 0) is 43.3 Å². The summed E-state index contributed by atoms with van der Waals surface area (Å²) in [5.41, 5.74) is 1.18. The van der Waals surface area contributed by atoms with Crippen molar-refractivity contribution in [1.82, 2.24) is 5.32 Å².